The van der Waals surface area contributed by atoms with Gasteiger partial charge in [0.05, 0.1) is 30.8 Å². The van der Waals surface area contributed by atoms with E-state index in [0.29, 0.717) is 6.54 Å². The van der Waals surface area contributed by atoms with Gasteiger partial charge in [0.25, 0.3) is 0 Å². The van der Waals surface area contributed by atoms with Crippen LogP contribution in [0, 0.1) is 6.92 Å². The highest BCUT2D eigenvalue weighted by Gasteiger charge is 2.11. The number of ether oxygens (including phenoxy) is 1. The highest BCUT2D eigenvalue weighted by atomic mass is 16.5. The summed E-state index contributed by atoms with van der Waals surface area (Å²) < 4.78 is 7.73. The molecule has 1 aliphatic heterocycles. The molecule has 1 fully saturated rings. The van der Waals surface area contributed by atoms with Crippen LogP contribution in [0.3, 0.4) is 0 Å². The largest absolute Gasteiger partial charge is 0.378 e. The minimum atomic E-state index is 0.657. The molecule has 4 rings (SSSR count). The van der Waals surface area contributed by atoms with Crippen molar-refractivity contribution < 1.29 is 4.74 Å². The number of guanidine groups is 1. The predicted molar refractivity (Wildman–Crippen MR) is 131 cm³/mol. The van der Waals surface area contributed by atoms with Gasteiger partial charge in [0.2, 0.25) is 0 Å². The topological polar surface area (TPSA) is 66.7 Å². The molecule has 0 spiro atoms. The Labute approximate surface area is 190 Å². The van der Waals surface area contributed by atoms with Crippen molar-refractivity contribution in [3.05, 3.63) is 59.9 Å². The molecule has 2 aromatic carbocycles. The molecule has 1 aliphatic rings. The van der Waals surface area contributed by atoms with E-state index in [1.165, 1.54) is 16.8 Å². The lowest BCUT2D eigenvalue weighted by Crippen LogP contribution is -2.38. The Balaban J connectivity index is 1.28. The van der Waals surface area contributed by atoms with Gasteiger partial charge in [-0.2, -0.15) is 0 Å². The minimum Gasteiger partial charge on any atom is -0.378 e. The lowest BCUT2D eigenvalue weighted by atomic mass is 10.2. The Morgan fingerprint density at radius 1 is 1.06 bits per heavy atom. The van der Waals surface area contributed by atoms with Crippen LogP contribution in [0.5, 0.6) is 0 Å². The van der Waals surface area contributed by atoms with Crippen LogP contribution >= 0.6 is 0 Å². The lowest BCUT2D eigenvalue weighted by Gasteiger charge is -2.28. The summed E-state index contributed by atoms with van der Waals surface area (Å²) in [6.45, 7) is 11.0. The number of rotatable bonds is 8. The third-order valence-corrected chi connectivity index (χ3v) is 5.77. The number of morpholine rings is 1. The maximum Gasteiger partial charge on any atom is 0.191 e. The fraction of sp³-hybridized carbons (Fsp3) is 0.440. The molecule has 1 saturated heterocycles. The van der Waals surface area contributed by atoms with E-state index in [2.05, 4.69) is 81.4 Å². The molecule has 0 saturated carbocycles. The van der Waals surface area contributed by atoms with Crippen LogP contribution in [0.15, 0.2) is 53.5 Å². The first-order valence-corrected chi connectivity index (χ1v) is 11.6. The second-order valence-electron chi connectivity index (χ2n) is 8.04. The van der Waals surface area contributed by atoms with Crippen molar-refractivity contribution in [1.29, 1.82) is 0 Å². The first kappa shape index (κ1) is 22.1. The van der Waals surface area contributed by atoms with Crippen LogP contribution in [0.2, 0.25) is 0 Å². The molecule has 0 unspecified atom stereocenters. The van der Waals surface area contributed by atoms with E-state index in [1.807, 2.05) is 6.07 Å². The van der Waals surface area contributed by atoms with E-state index < -0.39 is 0 Å². The molecule has 0 bridgehead atoms. The van der Waals surface area contributed by atoms with Gasteiger partial charge < -0.3 is 24.8 Å². The van der Waals surface area contributed by atoms with Crippen molar-refractivity contribution in [2.75, 3.05) is 44.3 Å². The van der Waals surface area contributed by atoms with Gasteiger partial charge in [-0.05, 0) is 50.1 Å². The standard InChI is InChI=1S/C25H34N6O/c1-3-26-25(27-13-6-14-31-20(2)29-23-7-4-5-8-24(23)31)28-19-21-9-11-22(12-10-21)30-15-17-32-18-16-30/h4-5,7-12H,3,6,13-19H2,1-2H3,(H2,26,27,28). The molecule has 7 nitrogen and oxygen atoms in total. The number of imidazole rings is 1. The van der Waals surface area contributed by atoms with E-state index in [1.54, 1.807) is 0 Å². The number of para-hydroxylation sites is 2. The van der Waals surface area contributed by atoms with Gasteiger partial charge in [0.15, 0.2) is 5.96 Å². The first-order valence-electron chi connectivity index (χ1n) is 11.6. The number of hydrogen-bond donors (Lipinski definition) is 2. The molecule has 0 amide bonds. The molecular weight excluding hydrogens is 400 g/mol. The van der Waals surface area contributed by atoms with E-state index in [0.717, 1.165) is 69.7 Å². The third-order valence-electron chi connectivity index (χ3n) is 5.77. The molecule has 32 heavy (non-hydrogen) atoms. The fourth-order valence-corrected chi connectivity index (χ4v) is 4.07. The highest BCUT2D eigenvalue weighted by Crippen LogP contribution is 2.17. The summed E-state index contributed by atoms with van der Waals surface area (Å²) in [7, 11) is 0. The average Bonchev–Trinajstić information content (AvgIpc) is 3.16. The van der Waals surface area contributed by atoms with Gasteiger partial charge in [-0.25, -0.2) is 9.98 Å². The van der Waals surface area contributed by atoms with E-state index in [-0.39, 0.29) is 0 Å². The van der Waals surface area contributed by atoms with Crippen molar-refractivity contribution in [2.24, 2.45) is 4.99 Å². The fourth-order valence-electron chi connectivity index (χ4n) is 4.07. The summed E-state index contributed by atoms with van der Waals surface area (Å²) in [6.07, 6.45) is 1.000. The van der Waals surface area contributed by atoms with Crippen LogP contribution in [0.4, 0.5) is 5.69 Å². The molecule has 0 aliphatic carbocycles. The van der Waals surface area contributed by atoms with E-state index in [9.17, 15) is 0 Å². The van der Waals surface area contributed by atoms with Gasteiger partial charge in [-0.3, -0.25) is 0 Å². The Morgan fingerprint density at radius 3 is 2.62 bits per heavy atom. The normalized spacial score (nSPS) is 14.7. The smallest absolute Gasteiger partial charge is 0.191 e. The van der Waals surface area contributed by atoms with Crippen LogP contribution in [-0.4, -0.2) is 54.9 Å². The summed E-state index contributed by atoms with van der Waals surface area (Å²) in [6, 6.07) is 17.0. The SMILES string of the molecule is CCNC(=NCc1ccc(N2CCOCC2)cc1)NCCCn1c(C)nc2ccccc21. The number of aliphatic imine (C=N–C) groups is 1. The summed E-state index contributed by atoms with van der Waals surface area (Å²) in [5.74, 6) is 1.92. The average molecular weight is 435 g/mol. The van der Waals surface area contributed by atoms with Crippen molar-refractivity contribution in [1.82, 2.24) is 20.2 Å². The Morgan fingerprint density at radius 2 is 1.84 bits per heavy atom. The zero-order chi connectivity index (χ0) is 22.2. The van der Waals surface area contributed by atoms with Gasteiger partial charge in [0.1, 0.15) is 5.82 Å². The minimum absolute atomic E-state index is 0.657. The zero-order valence-electron chi connectivity index (χ0n) is 19.2. The third kappa shape index (κ3) is 5.59. The van der Waals surface area contributed by atoms with Crippen LogP contribution in [-0.2, 0) is 17.8 Å². The summed E-state index contributed by atoms with van der Waals surface area (Å²) in [4.78, 5) is 11.8. The molecule has 0 radical (unpaired) electrons. The Bertz CT molecular complexity index is 1020. The molecular formula is C25H34N6O. The monoisotopic (exact) mass is 434 g/mol. The van der Waals surface area contributed by atoms with Gasteiger partial charge in [0, 0.05) is 38.4 Å². The van der Waals surface area contributed by atoms with Crippen LogP contribution in [0.25, 0.3) is 11.0 Å². The molecule has 0 atom stereocenters. The number of nitrogens with zero attached hydrogens (tertiary/aromatic N) is 4. The first-order chi connectivity index (χ1) is 15.7. The lowest BCUT2D eigenvalue weighted by molar-refractivity contribution is 0.122. The maximum atomic E-state index is 5.44. The summed E-state index contributed by atoms with van der Waals surface area (Å²) >= 11 is 0. The summed E-state index contributed by atoms with van der Waals surface area (Å²) in [5.41, 5.74) is 4.73. The number of benzene rings is 2. The number of fused-ring (bicyclic) bond motifs is 1. The Hall–Kier alpha value is -3.06. The Kier molecular flexibility index (Phi) is 7.61. The number of aryl methyl sites for hydroxylation is 2. The second-order valence-corrected chi connectivity index (χ2v) is 8.04. The highest BCUT2D eigenvalue weighted by molar-refractivity contribution is 5.79. The molecule has 170 valence electrons. The van der Waals surface area contributed by atoms with Gasteiger partial charge >= 0.3 is 0 Å². The number of anilines is 1. The summed E-state index contributed by atoms with van der Waals surface area (Å²) in [5, 5.41) is 6.82. The van der Waals surface area contributed by atoms with Gasteiger partial charge in [-0.1, -0.05) is 24.3 Å². The van der Waals surface area contributed by atoms with Gasteiger partial charge in [-0.15, -0.1) is 0 Å². The van der Waals surface area contributed by atoms with Crippen LogP contribution < -0.4 is 15.5 Å². The molecule has 3 aromatic rings. The predicted octanol–water partition coefficient (Wildman–Crippen LogP) is 3.33. The van der Waals surface area contributed by atoms with Crippen molar-refractivity contribution in [3.63, 3.8) is 0 Å². The quantitative estimate of drug-likeness (QED) is 0.323. The molecule has 1 aromatic heterocycles. The molecule has 2 N–H and O–H groups in total. The zero-order valence-corrected chi connectivity index (χ0v) is 19.2. The van der Waals surface area contributed by atoms with E-state index >= 15 is 0 Å². The number of aromatic nitrogens is 2. The van der Waals surface area contributed by atoms with Crippen LogP contribution in [0.1, 0.15) is 24.7 Å². The second kappa shape index (κ2) is 11.0. The maximum absolute atomic E-state index is 5.44. The van der Waals surface area contributed by atoms with E-state index in [4.69, 9.17) is 9.73 Å². The number of hydrogen-bond acceptors (Lipinski definition) is 4. The molecule has 7 heteroatoms. The number of nitrogens with one attached hydrogen (secondary N) is 2. The van der Waals surface area contributed by atoms with Crippen molar-refractivity contribution in [3.8, 4) is 0 Å². The van der Waals surface area contributed by atoms with Crippen molar-refractivity contribution >= 4 is 22.7 Å². The molecule has 2 heterocycles. The van der Waals surface area contributed by atoms with Crippen molar-refractivity contribution in [2.45, 2.75) is 33.4 Å².